The number of ether oxygens (including phenoxy) is 1. The van der Waals surface area contributed by atoms with Gasteiger partial charge in [0.1, 0.15) is 6.61 Å². The zero-order valence-corrected chi connectivity index (χ0v) is 11.6. The highest BCUT2D eigenvalue weighted by Gasteiger charge is 2.30. The average molecular weight is 407 g/mol. The molecule has 6 heteroatoms. The van der Waals surface area contributed by atoms with Crippen LogP contribution in [0.4, 0.5) is 0 Å². The van der Waals surface area contributed by atoms with E-state index in [1.807, 2.05) is 0 Å². The van der Waals surface area contributed by atoms with E-state index in [1.54, 1.807) is 0 Å². The Bertz CT molecular complexity index is 240. The Labute approximate surface area is 106 Å². The fraction of sp³-hybridized carbons (Fsp3) is 0.714. The van der Waals surface area contributed by atoms with Crippen LogP contribution >= 0.6 is 45.7 Å². The standard InChI is InChI=1S/C7H11I2N3O/c1-10-2-3-11(8)6-7(10)13-5-4-12(6)9/h2-5H2,1H3. The lowest BCUT2D eigenvalue weighted by Gasteiger charge is -2.40. The van der Waals surface area contributed by atoms with Crippen molar-refractivity contribution in [3.8, 4) is 0 Å². The molecule has 0 unspecified atom stereocenters. The van der Waals surface area contributed by atoms with E-state index in [9.17, 15) is 0 Å². The number of hydrogen-bond acceptors (Lipinski definition) is 4. The van der Waals surface area contributed by atoms with Crippen LogP contribution in [0.5, 0.6) is 0 Å². The Balaban J connectivity index is 2.33. The molecular formula is C7H11I2N3O. The van der Waals surface area contributed by atoms with Crippen LogP contribution in [-0.4, -0.2) is 44.4 Å². The largest absolute Gasteiger partial charge is 0.475 e. The number of likely N-dealkylation sites (N-methyl/N-ethyl adjacent to an activating group) is 1. The molecule has 2 aliphatic heterocycles. The zero-order valence-electron chi connectivity index (χ0n) is 7.33. The SMILES string of the molecule is CN1CCN(I)C2=C1OCCN2I. The molecule has 0 N–H and O–H groups in total. The average Bonchev–Trinajstić information content (AvgIpc) is 2.12. The van der Waals surface area contributed by atoms with Crippen LogP contribution in [0.2, 0.25) is 0 Å². The summed E-state index contributed by atoms with van der Waals surface area (Å²) >= 11 is 4.68. The van der Waals surface area contributed by atoms with Gasteiger partial charge < -0.3 is 9.64 Å². The molecule has 0 aliphatic carbocycles. The Morgan fingerprint density at radius 1 is 1.15 bits per heavy atom. The van der Waals surface area contributed by atoms with Crippen molar-refractivity contribution >= 4 is 45.7 Å². The van der Waals surface area contributed by atoms with E-state index < -0.39 is 0 Å². The van der Waals surface area contributed by atoms with Crippen molar-refractivity contribution in [1.29, 1.82) is 0 Å². The maximum Gasteiger partial charge on any atom is 0.232 e. The molecule has 0 radical (unpaired) electrons. The molecule has 2 rings (SSSR count). The molecule has 74 valence electrons. The summed E-state index contributed by atoms with van der Waals surface area (Å²) in [6, 6.07) is 0. The molecule has 0 spiro atoms. The molecule has 2 aliphatic rings. The fourth-order valence-electron chi connectivity index (χ4n) is 1.44. The van der Waals surface area contributed by atoms with Gasteiger partial charge in [0.25, 0.3) is 0 Å². The third-order valence-corrected chi connectivity index (χ3v) is 4.03. The normalized spacial score (nSPS) is 23.2. The van der Waals surface area contributed by atoms with Gasteiger partial charge in [0, 0.05) is 20.1 Å². The van der Waals surface area contributed by atoms with Gasteiger partial charge >= 0.3 is 0 Å². The van der Waals surface area contributed by atoms with E-state index in [1.165, 1.54) is 5.82 Å². The molecule has 13 heavy (non-hydrogen) atoms. The molecule has 0 amide bonds. The van der Waals surface area contributed by atoms with Gasteiger partial charge in [-0.2, -0.15) is 0 Å². The van der Waals surface area contributed by atoms with Crippen molar-refractivity contribution < 1.29 is 4.74 Å². The summed E-state index contributed by atoms with van der Waals surface area (Å²) in [6.07, 6.45) is 0. The summed E-state index contributed by atoms with van der Waals surface area (Å²) in [5.41, 5.74) is 0. The first-order valence-corrected chi connectivity index (χ1v) is 6.08. The second kappa shape index (κ2) is 3.87. The van der Waals surface area contributed by atoms with E-state index in [-0.39, 0.29) is 0 Å². The lowest BCUT2D eigenvalue weighted by atomic mass is 10.4. The van der Waals surface area contributed by atoms with Crippen LogP contribution in [-0.2, 0) is 4.74 Å². The van der Waals surface area contributed by atoms with Crippen molar-refractivity contribution in [3.63, 3.8) is 0 Å². The van der Waals surface area contributed by atoms with Crippen LogP contribution in [0.25, 0.3) is 0 Å². The molecule has 0 saturated carbocycles. The van der Waals surface area contributed by atoms with Crippen molar-refractivity contribution in [2.45, 2.75) is 0 Å². The molecule has 0 saturated heterocycles. The molecule has 0 aromatic carbocycles. The lowest BCUT2D eigenvalue weighted by molar-refractivity contribution is 0.0678. The molecule has 2 heterocycles. The number of nitrogens with zero attached hydrogens (tertiary/aromatic N) is 3. The van der Waals surface area contributed by atoms with Crippen LogP contribution in [0.15, 0.2) is 11.7 Å². The molecular weight excluding hydrogens is 396 g/mol. The zero-order chi connectivity index (χ0) is 9.42. The van der Waals surface area contributed by atoms with Gasteiger partial charge in [-0.25, -0.2) is 0 Å². The summed E-state index contributed by atoms with van der Waals surface area (Å²) < 4.78 is 10.1. The third kappa shape index (κ3) is 1.79. The predicted molar refractivity (Wildman–Crippen MR) is 67.1 cm³/mol. The minimum Gasteiger partial charge on any atom is -0.475 e. The topological polar surface area (TPSA) is 19.0 Å². The van der Waals surface area contributed by atoms with Crippen molar-refractivity contribution in [3.05, 3.63) is 11.7 Å². The van der Waals surface area contributed by atoms with Gasteiger partial charge in [-0.1, -0.05) is 0 Å². The Hall–Kier alpha value is 0.400. The lowest BCUT2D eigenvalue weighted by Crippen LogP contribution is -2.44. The first-order valence-electron chi connectivity index (χ1n) is 4.15. The molecule has 0 fully saturated rings. The Morgan fingerprint density at radius 2 is 1.85 bits per heavy atom. The number of halogens is 2. The fourth-order valence-corrected chi connectivity index (χ4v) is 3.20. The number of rotatable bonds is 0. The predicted octanol–water partition coefficient (Wildman–Crippen LogP) is 1.39. The summed E-state index contributed by atoms with van der Waals surface area (Å²) in [7, 11) is 2.08. The van der Waals surface area contributed by atoms with Gasteiger partial charge in [-0.3, -0.25) is 6.23 Å². The van der Waals surface area contributed by atoms with Gasteiger partial charge in [-0.15, -0.1) is 0 Å². The summed E-state index contributed by atoms with van der Waals surface area (Å²) in [5.74, 6) is 2.21. The van der Waals surface area contributed by atoms with E-state index in [0.717, 1.165) is 32.1 Å². The first-order chi connectivity index (χ1) is 6.20. The summed E-state index contributed by atoms with van der Waals surface area (Å²) in [5, 5.41) is 0. The van der Waals surface area contributed by atoms with Crippen LogP contribution in [0, 0.1) is 0 Å². The van der Waals surface area contributed by atoms with E-state index in [4.69, 9.17) is 4.74 Å². The highest BCUT2D eigenvalue weighted by molar-refractivity contribution is 14.1. The number of hydrogen-bond donors (Lipinski definition) is 0. The van der Waals surface area contributed by atoms with E-state index >= 15 is 0 Å². The van der Waals surface area contributed by atoms with Gasteiger partial charge in [0.05, 0.1) is 52.3 Å². The summed E-state index contributed by atoms with van der Waals surface area (Å²) in [4.78, 5) is 2.18. The second-order valence-corrected chi connectivity index (χ2v) is 5.40. The van der Waals surface area contributed by atoms with Crippen LogP contribution in [0.3, 0.4) is 0 Å². The van der Waals surface area contributed by atoms with Crippen LogP contribution < -0.4 is 0 Å². The van der Waals surface area contributed by atoms with Gasteiger partial charge in [0.15, 0.2) is 5.82 Å². The molecule has 0 aromatic rings. The van der Waals surface area contributed by atoms with E-state index in [0.29, 0.717) is 0 Å². The molecule has 0 bridgehead atoms. The van der Waals surface area contributed by atoms with Gasteiger partial charge in [0.2, 0.25) is 5.88 Å². The van der Waals surface area contributed by atoms with E-state index in [2.05, 4.69) is 63.9 Å². The molecule has 4 nitrogen and oxygen atoms in total. The molecule has 0 atom stereocenters. The Kier molecular flexibility index (Phi) is 2.96. The minimum absolute atomic E-state index is 0.788. The van der Waals surface area contributed by atoms with Crippen molar-refractivity contribution in [2.24, 2.45) is 0 Å². The molecule has 0 aromatic heterocycles. The quantitative estimate of drug-likeness (QED) is 0.447. The highest BCUT2D eigenvalue weighted by atomic mass is 127. The van der Waals surface area contributed by atoms with Crippen LogP contribution in [0.1, 0.15) is 0 Å². The smallest absolute Gasteiger partial charge is 0.232 e. The Morgan fingerprint density at radius 3 is 2.54 bits per heavy atom. The highest BCUT2D eigenvalue weighted by Crippen LogP contribution is 2.30. The van der Waals surface area contributed by atoms with Crippen molar-refractivity contribution in [2.75, 3.05) is 33.3 Å². The van der Waals surface area contributed by atoms with Crippen molar-refractivity contribution in [1.82, 2.24) is 11.1 Å². The first kappa shape index (κ1) is 9.94. The third-order valence-electron chi connectivity index (χ3n) is 2.16. The maximum atomic E-state index is 5.65. The maximum absolute atomic E-state index is 5.65. The van der Waals surface area contributed by atoms with Gasteiger partial charge in [-0.05, 0) is 0 Å². The minimum atomic E-state index is 0.788. The summed E-state index contributed by atoms with van der Waals surface area (Å²) in [6.45, 7) is 3.84. The monoisotopic (exact) mass is 407 g/mol. The second-order valence-electron chi connectivity index (χ2n) is 3.07.